The van der Waals surface area contributed by atoms with Gasteiger partial charge in [0.1, 0.15) is 0 Å². The molecule has 0 N–H and O–H groups in total. The second-order valence-electron chi connectivity index (χ2n) is 12.2. The van der Waals surface area contributed by atoms with Gasteiger partial charge in [0, 0.05) is 17.1 Å². The lowest BCUT2D eigenvalue weighted by Gasteiger charge is -2.26. The average Bonchev–Trinajstić information content (AvgIpc) is 3.15. The molecule has 0 heterocycles. The SMILES string of the molecule is c1ccc(N(c2ccc(-c3ccc4ccccc4c3)cc2)c2ccc(-c3ccc4ccc5c6ccccc6ccc5c4c3)cc2)cc1. The Balaban J connectivity index is 1.08. The van der Waals surface area contributed by atoms with Gasteiger partial charge in [-0.1, -0.05) is 140 Å². The summed E-state index contributed by atoms with van der Waals surface area (Å²) in [4.78, 5) is 2.33. The molecule has 0 aliphatic carbocycles. The van der Waals surface area contributed by atoms with Gasteiger partial charge < -0.3 is 4.90 Å². The van der Waals surface area contributed by atoms with Crippen molar-refractivity contribution in [2.45, 2.75) is 0 Å². The number of hydrogen-bond acceptors (Lipinski definition) is 1. The Morgan fingerprint density at radius 3 is 1.36 bits per heavy atom. The van der Waals surface area contributed by atoms with E-state index >= 15 is 0 Å². The Morgan fingerprint density at radius 1 is 0.234 bits per heavy atom. The molecule has 0 aromatic heterocycles. The summed E-state index contributed by atoms with van der Waals surface area (Å²) < 4.78 is 0. The Hall–Kier alpha value is -6.18. The molecule has 0 atom stereocenters. The Bertz CT molecular complexity index is 2550. The van der Waals surface area contributed by atoms with Crippen molar-refractivity contribution >= 4 is 60.2 Å². The lowest BCUT2D eigenvalue weighted by molar-refractivity contribution is 1.28. The lowest BCUT2D eigenvalue weighted by atomic mass is 9.94. The summed E-state index contributed by atoms with van der Waals surface area (Å²) in [5, 5.41) is 10.2. The zero-order valence-electron chi connectivity index (χ0n) is 25.8. The van der Waals surface area contributed by atoms with Crippen LogP contribution >= 0.6 is 0 Å². The Kier molecular flexibility index (Phi) is 6.54. The van der Waals surface area contributed by atoms with Crippen LogP contribution in [0.3, 0.4) is 0 Å². The monoisotopic (exact) mass is 597 g/mol. The van der Waals surface area contributed by atoms with Crippen molar-refractivity contribution in [2.24, 2.45) is 0 Å². The van der Waals surface area contributed by atoms with Gasteiger partial charge in [-0.25, -0.2) is 0 Å². The van der Waals surface area contributed by atoms with Crippen molar-refractivity contribution < 1.29 is 0 Å². The third kappa shape index (κ3) is 4.90. The van der Waals surface area contributed by atoms with Gasteiger partial charge in [-0.15, -0.1) is 0 Å². The highest BCUT2D eigenvalue weighted by molar-refractivity contribution is 6.17. The van der Waals surface area contributed by atoms with Crippen LogP contribution in [0.4, 0.5) is 17.1 Å². The molecule has 0 saturated carbocycles. The van der Waals surface area contributed by atoms with Crippen LogP contribution in [0.5, 0.6) is 0 Å². The van der Waals surface area contributed by atoms with E-state index in [1.165, 1.54) is 65.3 Å². The predicted octanol–water partition coefficient (Wildman–Crippen LogP) is 13.1. The predicted molar refractivity (Wildman–Crippen MR) is 202 cm³/mol. The van der Waals surface area contributed by atoms with Gasteiger partial charge in [0.25, 0.3) is 0 Å². The van der Waals surface area contributed by atoms with E-state index in [9.17, 15) is 0 Å². The van der Waals surface area contributed by atoms with E-state index in [0.29, 0.717) is 0 Å². The highest BCUT2D eigenvalue weighted by atomic mass is 15.1. The zero-order valence-corrected chi connectivity index (χ0v) is 25.8. The fourth-order valence-electron chi connectivity index (χ4n) is 7.00. The Labute approximate surface area is 274 Å². The first-order chi connectivity index (χ1) is 23.3. The molecule has 0 aliphatic heterocycles. The molecule has 0 radical (unpaired) electrons. The molecular weight excluding hydrogens is 567 g/mol. The van der Waals surface area contributed by atoms with Crippen molar-refractivity contribution in [3.8, 4) is 22.3 Å². The fraction of sp³-hybridized carbons (Fsp3) is 0. The normalized spacial score (nSPS) is 11.4. The van der Waals surface area contributed by atoms with Crippen LogP contribution in [0, 0.1) is 0 Å². The van der Waals surface area contributed by atoms with E-state index in [4.69, 9.17) is 0 Å². The van der Waals surface area contributed by atoms with Crippen LogP contribution in [-0.2, 0) is 0 Å². The van der Waals surface area contributed by atoms with Gasteiger partial charge >= 0.3 is 0 Å². The molecule has 9 aromatic carbocycles. The molecule has 0 amide bonds. The fourth-order valence-corrected chi connectivity index (χ4v) is 7.00. The number of anilines is 3. The van der Waals surface area contributed by atoms with E-state index < -0.39 is 0 Å². The van der Waals surface area contributed by atoms with Gasteiger partial charge in [0.15, 0.2) is 0 Å². The molecule has 220 valence electrons. The molecule has 0 aliphatic rings. The zero-order chi connectivity index (χ0) is 31.2. The van der Waals surface area contributed by atoms with Gasteiger partial charge in [-0.05, 0) is 114 Å². The third-order valence-electron chi connectivity index (χ3n) is 9.43. The molecule has 1 heteroatoms. The number of para-hydroxylation sites is 1. The van der Waals surface area contributed by atoms with E-state index in [2.05, 4.69) is 193 Å². The van der Waals surface area contributed by atoms with Crippen molar-refractivity contribution in [1.29, 1.82) is 0 Å². The van der Waals surface area contributed by atoms with Gasteiger partial charge in [-0.3, -0.25) is 0 Å². The molecule has 0 bridgehead atoms. The average molecular weight is 598 g/mol. The minimum Gasteiger partial charge on any atom is -0.311 e. The second-order valence-corrected chi connectivity index (χ2v) is 12.2. The van der Waals surface area contributed by atoms with Crippen molar-refractivity contribution in [2.75, 3.05) is 4.90 Å². The highest BCUT2D eigenvalue weighted by Crippen LogP contribution is 2.38. The summed E-state index contributed by atoms with van der Waals surface area (Å²) in [7, 11) is 0. The van der Waals surface area contributed by atoms with Crippen molar-refractivity contribution in [3.63, 3.8) is 0 Å². The summed E-state index contributed by atoms with van der Waals surface area (Å²) in [6, 6.07) is 68.2. The van der Waals surface area contributed by atoms with Crippen molar-refractivity contribution in [1.82, 2.24) is 0 Å². The number of benzene rings is 9. The van der Waals surface area contributed by atoms with Gasteiger partial charge in [0.2, 0.25) is 0 Å². The lowest BCUT2D eigenvalue weighted by Crippen LogP contribution is -2.09. The molecule has 0 spiro atoms. The standard InChI is InChI=1S/C46H31N/c1-2-11-40(12-3-1)47(41-24-18-33(19-25-41)38-16-14-32-8-4-5-10-37(32)30-38)42-26-20-34(21-27-42)39-17-15-36-23-28-44-43-13-7-6-9-35(43)22-29-45(44)46(36)31-39/h1-31H. The first kappa shape index (κ1) is 27.2. The van der Waals surface area contributed by atoms with Crippen LogP contribution < -0.4 is 4.90 Å². The molecule has 0 fully saturated rings. The smallest absolute Gasteiger partial charge is 0.0462 e. The van der Waals surface area contributed by atoms with E-state index in [1.54, 1.807) is 0 Å². The molecular formula is C46H31N. The summed E-state index contributed by atoms with van der Waals surface area (Å²) in [6.45, 7) is 0. The number of rotatable bonds is 5. The maximum absolute atomic E-state index is 2.35. The molecule has 0 saturated heterocycles. The summed E-state index contributed by atoms with van der Waals surface area (Å²) >= 11 is 0. The molecule has 47 heavy (non-hydrogen) atoms. The second kappa shape index (κ2) is 11.3. The maximum atomic E-state index is 2.35. The minimum atomic E-state index is 1.12. The van der Waals surface area contributed by atoms with Crippen LogP contribution in [0.1, 0.15) is 0 Å². The maximum Gasteiger partial charge on any atom is 0.0462 e. The minimum absolute atomic E-state index is 1.12. The first-order valence-electron chi connectivity index (χ1n) is 16.2. The highest BCUT2D eigenvalue weighted by Gasteiger charge is 2.14. The van der Waals surface area contributed by atoms with E-state index in [0.717, 1.165) is 17.1 Å². The third-order valence-corrected chi connectivity index (χ3v) is 9.43. The van der Waals surface area contributed by atoms with Crippen LogP contribution in [0.2, 0.25) is 0 Å². The molecule has 9 rings (SSSR count). The van der Waals surface area contributed by atoms with Gasteiger partial charge in [0.05, 0.1) is 0 Å². The number of hydrogen-bond donors (Lipinski definition) is 0. The van der Waals surface area contributed by atoms with Crippen LogP contribution in [0.25, 0.3) is 65.3 Å². The summed E-state index contributed by atoms with van der Waals surface area (Å²) in [5.74, 6) is 0. The Morgan fingerprint density at radius 2 is 0.681 bits per heavy atom. The summed E-state index contributed by atoms with van der Waals surface area (Å²) in [6.07, 6.45) is 0. The molecule has 1 nitrogen and oxygen atoms in total. The topological polar surface area (TPSA) is 3.24 Å². The van der Waals surface area contributed by atoms with Crippen LogP contribution in [0.15, 0.2) is 188 Å². The molecule has 9 aromatic rings. The van der Waals surface area contributed by atoms with Crippen LogP contribution in [-0.4, -0.2) is 0 Å². The number of nitrogens with zero attached hydrogens (tertiary/aromatic N) is 1. The van der Waals surface area contributed by atoms with E-state index in [1.807, 2.05) is 0 Å². The molecule has 0 unspecified atom stereocenters. The summed E-state index contributed by atoms with van der Waals surface area (Å²) in [5.41, 5.74) is 8.22. The number of fused-ring (bicyclic) bond motifs is 6. The van der Waals surface area contributed by atoms with Crippen molar-refractivity contribution in [3.05, 3.63) is 188 Å². The van der Waals surface area contributed by atoms with Gasteiger partial charge in [-0.2, -0.15) is 0 Å². The quantitative estimate of drug-likeness (QED) is 0.178. The van der Waals surface area contributed by atoms with E-state index in [-0.39, 0.29) is 0 Å². The first-order valence-corrected chi connectivity index (χ1v) is 16.2. The largest absolute Gasteiger partial charge is 0.311 e.